The molecule has 2 amide bonds. The number of nitrogens with zero attached hydrogens (tertiary/aromatic N) is 1. The van der Waals surface area contributed by atoms with E-state index in [0.29, 0.717) is 5.92 Å². The van der Waals surface area contributed by atoms with Crippen LogP contribution in [0, 0.1) is 5.92 Å². The molecule has 1 saturated heterocycles. The van der Waals surface area contributed by atoms with Gasteiger partial charge < -0.3 is 15.0 Å². The average molecular weight is 242 g/mol. The molecule has 1 fully saturated rings. The molecule has 0 aromatic heterocycles. The fourth-order valence-corrected chi connectivity index (χ4v) is 2.03. The van der Waals surface area contributed by atoms with E-state index in [2.05, 4.69) is 17.0 Å². The molecule has 1 heterocycles. The van der Waals surface area contributed by atoms with Gasteiger partial charge >= 0.3 is 12.0 Å². The fourth-order valence-electron chi connectivity index (χ4n) is 2.03. The maximum absolute atomic E-state index is 12.0. The molecule has 0 spiro atoms. The Kier molecular flexibility index (Phi) is 4.37. The average Bonchev–Trinajstić information content (AvgIpc) is 2.27. The molecule has 1 rings (SSSR count). The van der Waals surface area contributed by atoms with Crippen molar-refractivity contribution >= 4 is 12.0 Å². The second kappa shape index (κ2) is 5.38. The zero-order valence-corrected chi connectivity index (χ0v) is 11.1. The van der Waals surface area contributed by atoms with Crippen LogP contribution in [0.2, 0.25) is 0 Å². The summed E-state index contributed by atoms with van der Waals surface area (Å²) in [5.74, 6) is 0.0895. The fraction of sp³-hybridized carbons (Fsp3) is 0.833. The van der Waals surface area contributed by atoms with Gasteiger partial charge in [0.25, 0.3) is 0 Å². The van der Waals surface area contributed by atoms with Gasteiger partial charge in [-0.25, -0.2) is 9.59 Å². The molecule has 0 aromatic rings. The van der Waals surface area contributed by atoms with Crippen molar-refractivity contribution in [3.8, 4) is 0 Å². The van der Waals surface area contributed by atoms with Crippen LogP contribution in [0.3, 0.4) is 0 Å². The highest BCUT2D eigenvalue weighted by Crippen LogP contribution is 2.16. The number of carbonyl (C=O) groups excluding carboxylic acids is 2. The first-order valence-corrected chi connectivity index (χ1v) is 6.02. The molecule has 0 bridgehead atoms. The van der Waals surface area contributed by atoms with Crippen molar-refractivity contribution in [1.82, 2.24) is 10.2 Å². The molecule has 1 aliphatic heterocycles. The van der Waals surface area contributed by atoms with Crippen LogP contribution >= 0.6 is 0 Å². The van der Waals surface area contributed by atoms with Crippen molar-refractivity contribution in [3.63, 3.8) is 0 Å². The summed E-state index contributed by atoms with van der Waals surface area (Å²) in [6.45, 7) is 6.93. The van der Waals surface area contributed by atoms with Crippen molar-refractivity contribution in [3.05, 3.63) is 0 Å². The molecule has 0 radical (unpaired) electrons. The minimum absolute atomic E-state index is 0.188. The van der Waals surface area contributed by atoms with Gasteiger partial charge in [-0.2, -0.15) is 0 Å². The third-order valence-electron chi connectivity index (χ3n) is 3.06. The van der Waals surface area contributed by atoms with Gasteiger partial charge in [0.2, 0.25) is 0 Å². The smallest absolute Gasteiger partial charge is 0.331 e. The SMILES string of the molecule is COC(=O)C(C)(C)NC(=O)N1CCCC(C)C1. The lowest BCUT2D eigenvalue weighted by molar-refractivity contribution is -0.146. The van der Waals surface area contributed by atoms with Gasteiger partial charge in [0.15, 0.2) is 0 Å². The number of likely N-dealkylation sites (tertiary alicyclic amines) is 1. The molecule has 1 unspecified atom stereocenters. The van der Waals surface area contributed by atoms with E-state index in [9.17, 15) is 9.59 Å². The van der Waals surface area contributed by atoms with Crippen molar-refractivity contribution < 1.29 is 14.3 Å². The molecule has 5 nitrogen and oxygen atoms in total. The summed E-state index contributed by atoms with van der Waals surface area (Å²) in [6.07, 6.45) is 2.18. The lowest BCUT2D eigenvalue weighted by atomic mass is 10.0. The maximum atomic E-state index is 12.0. The molecule has 5 heteroatoms. The van der Waals surface area contributed by atoms with Crippen LogP contribution in [-0.2, 0) is 9.53 Å². The summed E-state index contributed by atoms with van der Waals surface area (Å²) >= 11 is 0. The summed E-state index contributed by atoms with van der Waals surface area (Å²) in [4.78, 5) is 25.2. The topological polar surface area (TPSA) is 58.6 Å². The summed E-state index contributed by atoms with van der Waals surface area (Å²) in [5, 5.41) is 2.71. The van der Waals surface area contributed by atoms with E-state index in [0.717, 1.165) is 25.9 Å². The van der Waals surface area contributed by atoms with Crippen molar-refractivity contribution in [2.24, 2.45) is 5.92 Å². The zero-order valence-electron chi connectivity index (χ0n) is 11.1. The Hall–Kier alpha value is -1.26. The number of rotatable bonds is 2. The van der Waals surface area contributed by atoms with Crippen LogP contribution in [0.5, 0.6) is 0 Å². The first kappa shape index (κ1) is 13.8. The van der Waals surface area contributed by atoms with Crippen molar-refractivity contribution in [2.45, 2.75) is 39.2 Å². The Morgan fingerprint density at radius 2 is 2.06 bits per heavy atom. The normalized spacial score (nSPS) is 20.9. The Morgan fingerprint density at radius 1 is 1.41 bits per heavy atom. The van der Waals surface area contributed by atoms with Gasteiger partial charge in [-0.1, -0.05) is 6.92 Å². The lowest BCUT2D eigenvalue weighted by Crippen LogP contribution is -2.56. The molecular formula is C12H22N2O3. The van der Waals surface area contributed by atoms with Crippen molar-refractivity contribution in [1.29, 1.82) is 0 Å². The summed E-state index contributed by atoms with van der Waals surface area (Å²) in [5.41, 5.74) is -0.980. The van der Waals surface area contributed by atoms with E-state index in [1.165, 1.54) is 7.11 Å². The number of hydrogen-bond acceptors (Lipinski definition) is 3. The quantitative estimate of drug-likeness (QED) is 0.744. The third-order valence-corrected chi connectivity index (χ3v) is 3.06. The van der Waals surface area contributed by atoms with Crippen molar-refractivity contribution in [2.75, 3.05) is 20.2 Å². The van der Waals surface area contributed by atoms with E-state index >= 15 is 0 Å². The van der Waals surface area contributed by atoms with Crippen LogP contribution < -0.4 is 5.32 Å². The molecule has 0 aliphatic carbocycles. The third kappa shape index (κ3) is 3.61. The van der Waals surface area contributed by atoms with Gasteiger partial charge in [0.05, 0.1) is 7.11 Å². The second-order valence-electron chi connectivity index (χ2n) is 5.24. The van der Waals surface area contributed by atoms with Gasteiger partial charge in [0.1, 0.15) is 5.54 Å². The van der Waals surface area contributed by atoms with E-state index in [1.54, 1.807) is 18.7 Å². The molecular weight excluding hydrogens is 220 g/mol. The highest BCUT2D eigenvalue weighted by atomic mass is 16.5. The number of carbonyl (C=O) groups is 2. The van der Waals surface area contributed by atoms with Crippen LogP contribution in [0.1, 0.15) is 33.6 Å². The number of piperidine rings is 1. The number of hydrogen-bond donors (Lipinski definition) is 1. The minimum atomic E-state index is -0.980. The van der Waals surface area contributed by atoms with Gasteiger partial charge in [0, 0.05) is 13.1 Å². The van der Waals surface area contributed by atoms with Gasteiger partial charge in [-0.3, -0.25) is 0 Å². The number of esters is 1. The van der Waals surface area contributed by atoms with Gasteiger partial charge in [-0.15, -0.1) is 0 Å². The molecule has 98 valence electrons. The van der Waals surface area contributed by atoms with E-state index < -0.39 is 11.5 Å². The minimum Gasteiger partial charge on any atom is -0.467 e. The number of amides is 2. The highest BCUT2D eigenvalue weighted by molar-refractivity contribution is 5.86. The predicted octanol–water partition coefficient (Wildman–Crippen LogP) is 1.38. The highest BCUT2D eigenvalue weighted by Gasteiger charge is 2.33. The Balaban J connectivity index is 2.56. The van der Waals surface area contributed by atoms with E-state index in [1.807, 2.05) is 0 Å². The number of methoxy groups -OCH3 is 1. The molecule has 0 saturated carbocycles. The summed E-state index contributed by atoms with van der Waals surface area (Å²) in [7, 11) is 1.32. The standard InChI is InChI=1S/C12H22N2O3/c1-9-6-5-7-14(8-9)11(16)13-12(2,3)10(15)17-4/h9H,5-8H2,1-4H3,(H,13,16). The predicted molar refractivity (Wildman–Crippen MR) is 64.6 cm³/mol. The first-order valence-electron chi connectivity index (χ1n) is 6.02. The van der Waals surface area contributed by atoms with Crippen LogP contribution in [0.25, 0.3) is 0 Å². The first-order chi connectivity index (χ1) is 7.86. The Morgan fingerprint density at radius 3 is 2.59 bits per heavy atom. The van der Waals surface area contributed by atoms with Crippen LogP contribution in [0.4, 0.5) is 4.79 Å². The number of urea groups is 1. The Labute approximate surface area is 102 Å². The molecule has 0 aromatic carbocycles. The van der Waals surface area contributed by atoms with E-state index in [-0.39, 0.29) is 6.03 Å². The number of ether oxygens (including phenoxy) is 1. The molecule has 1 aliphatic rings. The lowest BCUT2D eigenvalue weighted by Gasteiger charge is -2.33. The van der Waals surface area contributed by atoms with E-state index in [4.69, 9.17) is 0 Å². The Bertz CT molecular complexity index is 302. The molecule has 1 atom stereocenters. The number of nitrogens with one attached hydrogen (secondary N) is 1. The summed E-state index contributed by atoms with van der Waals surface area (Å²) < 4.78 is 4.65. The van der Waals surface area contributed by atoms with Crippen LogP contribution in [0.15, 0.2) is 0 Å². The maximum Gasteiger partial charge on any atom is 0.331 e. The summed E-state index contributed by atoms with van der Waals surface area (Å²) in [6, 6.07) is -0.188. The zero-order chi connectivity index (χ0) is 13.1. The largest absolute Gasteiger partial charge is 0.467 e. The molecule has 17 heavy (non-hydrogen) atoms. The monoisotopic (exact) mass is 242 g/mol. The second-order valence-corrected chi connectivity index (χ2v) is 5.24. The van der Waals surface area contributed by atoms with Crippen LogP contribution in [-0.4, -0.2) is 42.6 Å². The molecule has 1 N–H and O–H groups in total. The van der Waals surface area contributed by atoms with Gasteiger partial charge in [-0.05, 0) is 32.6 Å².